The molecule has 3 rings (SSSR count). The van der Waals surface area contributed by atoms with E-state index in [1.165, 1.54) is 33.1 Å². The number of hydrogen-bond acceptors (Lipinski definition) is 5. The first kappa shape index (κ1) is 13.4. The number of hydrogen-bond donors (Lipinski definition) is 0. The highest BCUT2D eigenvalue weighted by Crippen LogP contribution is 2.03. The predicted octanol–water partition coefficient (Wildman–Crippen LogP) is -0.343. The minimum absolute atomic E-state index is 0.144. The number of amides is 1. The minimum Gasteiger partial charge on any atom is -0.327 e. The van der Waals surface area contributed by atoms with Crippen LogP contribution in [0.1, 0.15) is 0 Å². The maximum Gasteiger partial charge on any atom is 0.268 e. The van der Waals surface area contributed by atoms with Crippen LogP contribution in [0.2, 0.25) is 0 Å². The van der Waals surface area contributed by atoms with Gasteiger partial charge in [0.2, 0.25) is 0 Å². The minimum atomic E-state index is -0.403. The maximum absolute atomic E-state index is 12.2. The first-order chi connectivity index (χ1) is 10.1. The van der Waals surface area contributed by atoms with Crippen LogP contribution in [0.5, 0.6) is 0 Å². The summed E-state index contributed by atoms with van der Waals surface area (Å²) in [6.07, 6.45) is 4.60. The molecule has 1 amide bonds. The van der Waals surface area contributed by atoms with Crippen LogP contribution in [-0.2, 0) is 25.4 Å². The van der Waals surface area contributed by atoms with Gasteiger partial charge in [-0.1, -0.05) is 0 Å². The van der Waals surface area contributed by atoms with Gasteiger partial charge in [-0.3, -0.25) is 18.8 Å². The first-order valence-electron chi connectivity index (χ1n) is 6.11. The molecule has 0 aliphatic heterocycles. The fraction of sp³-hybridized carbons (Fsp3) is 0.250. The van der Waals surface area contributed by atoms with E-state index in [9.17, 15) is 9.59 Å². The lowest BCUT2D eigenvalue weighted by atomic mass is 10.4. The third-order valence-corrected chi connectivity index (χ3v) is 3.85. The molecule has 3 aromatic heterocycles. The molecule has 0 unspecified atom stereocenters. The predicted molar refractivity (Wildman–Crippen MR) is 76.6 cm³/mol. The Morgan fingerprint density at radius 3 is 2.95 bits per heavy atom. The maximum atomic E-state index is 12.2. The van der Waals surface area contributed by atoms with E-state index in [4.69, 9.17) is 0 Å². The van der Waals surface area contributed by atoms with Gasteiger partial charge in [-0.25, -0.2) is 4.98 Å². The number of aryl methyl sites for hydroxylation is 2. The van der Waals surface area contributed by atoms with Crippen molar-refractivity contribution in [2.75, 3.05) is 0 Å². The van der Waals surface area contributed by atoms with Gasteiger partial charge in [-0.05, 0) is 0 Å². The number of aromatic nitrogens is 5. The summed E-state index contributed by atoms with van der Waals surface area (Å²) in [6, 6.07) is 0. The van der Waals surface area contributed by atoms with E-state index in [0.717, 1.165) is 0 Å². The highest BCUT2D eigenvalue weighted by molar-refractivity contribution is 7.07. The third-order valence-electron chi connectivity index (χ3n) is 3.00. The topological polar surface area (TPSA) is 87.1 Å². The second kappa shape index (κ2) is 5.09. The van der Waals surface area contributed by atoms with Crippen molar-refractivity contribution in [2.24, 2.45) is 19.1 Å². The Kier molecular flexibility index (Phi) is 3.26. The summed E-state index contributed by atoms with van der Waals surface area (Å²) in [5.41, 5.74) is 0.192. The average molecular weight is 304 g/mol. The van der Waals surface area contributed by atoms with Crippen LogP contribution < -0.4 is 10.4 Å². The van der Waals surface area contributed by atoms with Crippen molar-refractivity contribution in [1.29, 1.82) is 0 Å². The molecule has 21 heavy (non-hydrogen) atoms. The molecule has 8 nitrogen and oxygen atoms in total. The summed E-state index contributed by atoms with van der Waals surface area (Å²) in [5, 5.41) is 6.20. The molecular weight excluding hydrogens is 292 g/mol. The van der Waals surface area contributed by atoms with Gasteiger partial charge in [-0.2, -0.15) is 10.1 Å². The molecular formula is C12H12N6O2S. The molecule has 0 aliphatic carbocycles. The second-order valence-corrected chi connectivity index (χ2v) is 5.36. The molecule has 9 heteroatoms. The molecule has 0 spiro atoms. The summed E-state index contributed by atoms with van der Waals surface area (Å²) < 4.78 is 4.50. The van der Waals surface area contributed by atoms with Crippen LogP contribution in [0.4, 0.5) is 0 Å². The number of fused-ring (bicyclic) bond motifs is 1. The number of thiazole rings is 1. The lowest BCUT2D eigenvalue weighted by Gasteiger charge is -2.01. The summed E-state index contributed by atoms with van der Waals surface area (Å²) in [6.45, 7) is -0.144. The van der Waals surface area contributed by atoms with Crippen molar-refractivity contribution in [3.8, 4) is 0 Å². The standard InChI is InChI=1S/C12H12N6O2S/c1-16-3-4-21-12(16)15-9(19)6-18-7-13-10-8(11(18)20)5-14-17(10)2/h3-5,7H,6H2,1-2H3. The Bertz CT molecular complexity index is 944. The van der Waals surface area contributed by atoms with Gasteiger partial charge in [0.1, 0.15) is 18.3 Å². The van der Waals surface area contributed by atoms with Crippen molar-refractivity contribution in [2.45, 2.75) is 6.54 Å². The Morgan fingerprint density at radius 1 is 1.43 bits per heavy atom. The molecule has 0 aromatic carbocycles. The molecule has 0 N–H and O–H groups in total. The largest absolute Gasteiger partial charge is 0.327 e. The highest BCUT2D eigenvalue weighted by Gasteiger charge is 2.10. The summed E-state index contributed by atoms with van der Waals surface area (Å²) in [7, 11) is 3.51. The van der Waals surface area contributed by atoms with Crippen LogP contribution in [0, 0.1) is 0 Å². The van der Waals surface area contributed by atoms with Crippen LogP contribution in [-0.4, -0.2) is 29.8 Å². The molecule has 0 fully saturated rings. The average Bonchev–Trinajstić information content (AvgIpc) is 3.01. The highest BCUT2D eigenvalue weighted by atomic mass is 32.1. The first-order valence-corrected chi connectivity index (χ1v) is 6.99. The third kappa shape index (κ3) is 2.42. The van der Waals surface area contributed by atoms with Crippen LogP contribution in [0.25, 0.3) is 11.0 Å². The van der Waals surface area contributed by atoms with E-state index >= 15 is 0 Å². The smallest absolute Gasteiger partial charge is 0.268 e. The van der Waals surface area contributed by atoms with Crippen molar-refractivity contribution in [3.63, 3.8) is 0 Å². The molecule has 0 atom stereocenters. The summed E-state index contributed by atoms with van der Waals surface area (Å²) in [5.74, 6) is -0.403. The zero-order valence-electron chi connectivity index (χ0n) is 11.4. The fourth-order valence-electron chi connectivity index (χ4n) is 1.90. The quantitative estimate of drug-likeness (QED) is 0.648. The molecule has 3 aromatic rings. The van der Waals surface area contributed by atoms with E-state index in [2.05, 4.69) is 15.1 Å². The number of nitrogens with zero attached hydrogens (tertiary/aromatic N) is 6. The van der Waals surface area contributed by atoms with Crippen molar-refractivity contribution < 1.29 is 4.79 Å². The second-order valence-electron chi connectivity index (χ2n) is 4.49. The van der Waals surface area contributed by atoms with E-state index in [1.54, 1.807) is 18.7 Å². The molecule has 0 saturated carbocycles. The Hall–Kier alpha value is -2.55. The monoisotopic (exact) mass is 304 g/mol. The zero-order chi connectivity index (χ0) is 15.0. The normalized spacial score (nSPS) is 12.2. The van der Waals surface area contributed by atoms with Crippen molar-refractivity contribution >= 4 is 28.3 Å². The van der Waals surface area contributed by atoms with Crippen molar-refractivity contribution in [1.82, 2.24) is 23.9 Å². The summed E-state index contributed by atoms with van der Waals surface area (Å²) in [4.78, 5) is 32.9. The van der Waals surface area contributed by atoms with Crippen LogP contribution >= 0.6 is 11.3 Å². The Morgan fingerprint density at radius 2 is 2.24 bits per heavy atom. The van der Waals surface area contributed by atoms with Gasteiger partial charge in [0, 0.05) is 25.7 Å². The van der Waals surface area contributed by atoms with Crippen LogP contribution in [0.15, 0.2) is 33.9 Å². The van der Waals surface area contributed by atoms with E-state index < -0.39 is 5.91 Å². The SMILES string of the molecule is Cn1ccsc1=NC(=O)Cn1cnc2c(cnn2C)c1=O. The Balaban J connectivity index is 1.96. The lowest BCUT2D eigenvalue weighted by Crippen LogP contribution is -2.25. The number of rotatable bonds is 2. The van der Waals surface area contributed by atoms with Gasteiger partial charge in [0.05, 0.1) is 6.20 Å². The van der Waals surface area contributed by atoms with Gasteiger partial charge < -0.3 is 4.57 Å². The van der Waals surface area contributed by atoms with E-state index in [-0.39, 0.29) is 12.1 Å². The molecule has 0 aliphatic rings. The van der Waals surface area contributed by atoms with E-state index in [1.807, 2.05) is 11.6 Å². The van der Waals surface area contributed by atoms with Crippen LogP contribution in [0.3, 0.4) is 0 Å². The molecule has 3 heterocycles. The molecule has 0 radical (unpaired) electrons. The summed E-state index contributed by atoms with van der Waals surface area (Å²) >= 11 is 1.36. The fourth-order valence-corrected chi connectivity index (χ4v) is 2.65. The van der Waals surface area contributed by atoms with Gasteiger partial charge in [0.25, 0.3) is 11.5 Å². The van der Waals surface area contributed by atoms with Gasteiger partial charge in [0.15, 0.2) is 10.4 Å². The zero-order valence-corrected chi connectivity index (χ0v) is 12.2. The van der Waals surface area contributed by atoms with Gasteiger partial charge in [-0.15, -0.1) is 11.3 Å². The van der Waals surface area contributed by atoms with Crippen molar-refractivity contribution in [3.05, 3.63) is 39.3 Å². The Labute approximate surface area is 122 Å². The van der Waals surface area contributed by atoms with E-state index in [0.29, 0.717) is 15.8 Å². The number of carbonyl (C=O) groups is 1. The van der Waals surface area contributed by atoms with Gasteiger partial charge >= 0.3 is 0 Å². The number of carbonyl (C=O) groups excluding carboxylic acids is 1. The molecule has 108 valence electrons. The molecule has 0 saturated heterocycles. The lowest BCUT2D eigenvalue weighted by molar-refractivity contribution is -0.118. The molecule has 0 bridgehead atoms.